The molecule has 136 valence electrons. The van der Waals surface area contributed by atoms with Crippen LogP contribution in [0, 0.1) is 10.1 Å². The van der Waals surface area contributed by atoms with Crippen molar-refractivity contribution in [1.82, 2.24) is 0 Å². The largest absolute Gasteiger partial charge is 0.495 e. The lowest BCUT2D eigenvalue weighted by molar-refractivity contribution is -0.384. The molecule has 8 heteroatoms. The molecule has 0 aliphatic carbocycles. The highest BCUT2D eigenvalue weighted by molar-refractivity contribution is 6.03. The first kappa shape index (κ1) is 18.8. The van der Waals surface area contributed by atoms with Gasteiger partial charge in [0.05, 0.1) is 31.9 Å². The van der Waals surface area contributed by atoms with Crippen molar-refractivity contribution in [1.29, 1.82) is 0 Å². The number of hydrogen-bond acceptors (Lipinski definition) is 6. The minimum absolute atomic E-state index is 0.153. The Balaban J connectivity index is 2.23. The molecule has 1 N–H and O–H groups in total. The third-order valence-electron chi connectivity index (χ3n) is 3.50. The lowest BCUT2D eigenvalue weighted by Crippen LogP contribution is -2.09. The van der Waals surface area contributed by atoms with Gasteiger partial charge < -0.3 is 19.5 Å². The fraction of sp³-hybridized carbons (Fsp3) is 0.167. The summed E-state index contributed by atoms with van der Waals surface area (Å²) < 4.78 is 15.6. The molecule has 0 unspecified atom stereocenters. The number of carbonyl (C=O) groups is 1. The Labute approximate surface area is 150 Å². The summed E-state index contributed by atoms with van der Waals surface area (Å²) in [5.41, 5.74) is 0.696. The second kappa shape index (κ2) is 8.52. The van der Waals surface area contributed by atoms with E-state index >= 15 is 0 Å². The summed E-state index contributed by atoms with van der Waals surface area (Å²) in [5.74, 6) is 0.868. The number of rotatable bonds is 7. The normalized spacial score (nSPS) is 10.4. The Bertz CT molecular complexity index is 848. The first-order valence-corrected chi connectivity index (χ1v) is 7.52. The molecular weight excluding hydrogens is 340 g/mol. The molecule has 0 fully saturated rings. The first-order chi connectivity index (χ1) is 12.5. The number of carbonyl (C=O) groups excluding carboxylic acids is 1. The van der Waals surface area contributed by atoms with Gasteiger partial charge in [0.15, 0.2) is 11.5 Å². The van der Waals surface area contributed by atoms with E-state index < -0.39 is 10.8 Å². The minimum atomic E-state index is -0.550. The third kappa shape index (κ3) is 4.29. The maximum atomic E-state index is 12.2. The van der Waals surface area contributed by atoms with Crippen molar-refractivity contribution in [3.05, 3.63) is 58.2 Å². The highest BCUT2D eigenvalue weighted by Crippen LogP contribution is 2.32. The Morgan fingerprint density at radius 3 is 2.42 bits per heavy atom. The number of nitro groups is 1. The maximum absolute atomic E-state index is 12.2. The topological polar surface area (TPSA) is 99.9 Å². The predicted molar refractivity (Wildman–Crippen MR) is 96.9 cm³/mol. The van der Waals surface area contributed by atoms with Crippen molar-refractivity contribution >= 4 is 23.4 Å². The molecule has 0 aromatic heterocycles. The molecule has 0 aliphatic heterocycles. The lowest BCUT2D eigenvalue weighted by atomic mass is 10.1. The summed E-state index contributed by atoms with van der Waals surface area (Å²) in [6.45, 7) is 0. The highest BCUT2D eigenvalue weighted by Gasteiger charge is 2.13. The maximum Gasteiger partial charge on any atom is 0.271 e. The average Bonchev–Trinajstić information content (AvgIpc) is 2.65. The van der Waals surface area contributed by atoms with Gasteiger partial charge >= 0.3 is 0 Å². The van der Waals surface area contributed by atoms with E-state index in [0.717, 1.165) is 0 Å². The fourth-order valence-corrected chi connectivity index (χ4v) is 2.29. The van der Waals surface area contributed by atoms with Crippen LogP contribution < -0.4 is 19.5 Å². The molecule has 0 spiro atoms. The van der Waals surface area contributed by atoms with Gasteiger partial charge in [0.1, 0.15) is 5.75 Å². The predicted octanol–water partition coefficient (Wildman–Crippen LogP) is 3.27. The molecule has 0 bridgehead atoms. The lowest BCUT2D eigenvalue weighted by Gasteiger charge is -2.10. The number of amides is 1. The highest BCUT2D eigenvalue weighted by atomic mass is 16.6. The van der Waals surface area contributed by atoms with Crippen LogP contribution in [0.25, 0.3) is 6.08 Å². The summed E-state index contributed by atoms with van der Waals surface area (Å²) >= 11 is 0. The van der Waals surface area contributed by atoms with Crippen molar-refractivity contribution in [2.45, 2.75) is 0 Å². The Morgan fingerprint density at radius 1 is 1.08 bits per heavy atom. The smallest absolute Gasteiger partial charge is 0.271 e. The molecule has 0 atom stereocenters. The summed E-state index contributed by atoms with van der Waals surface area (Å²) in [5, 5.41) is 13.5. The van der Waals surface area contributed by atoms with Gasteiger partial charge in [-0.1, -0.05) is 12.1 Å². The van der Waals surface area contributed by atoms with E-state index in [0.29, 0.717) is 22.8 Å². The molecule has 0 saturated heterocycles. The van der Waals surface area contributed by atoms with Crippen LogP contribution in [0.1, 0.15) is 5.56 Å². The summed E-state index contributed by atoms with van der Waals surface area (Å²) in [7, 11) is 4.43. The Hall–Kier alpha value is -3.55. The van der Waals surface area contributed by atoms with Crippen LogP contribution in [0.15, 0.2) is 42.5 Å². The molecule has 2 aromatic carbocycles. The van der Waals surface area contributed by atoms with Crippen LogP contribution >= 0.6 is 0 Å². The minimum Gasteiger partial charge on any atom is -0.495 e. The van der Waals surface area contributed by atoms with E-state index in [4.69, 9.17) is 14.2 Å². The van der Waals surface area contributed by atoms with Crippen LogP contribution in [0.2, 0.25) is 0 Å². The zero-order valence-corrected chi connectivity index (χ0v) is 14.5. The van der Waals surface area contributed by atoms with Crippen molar-refractivity contribution in [2.75, 3.05) is 26.6 Å². The quantitative estimate of drug-likeness (QED) is 0.463. The zero-order chi connectivity index (χ0) is 19.1. The SMILES string of the molecule is COc1ccc([N+](=O)[O-])cc1NC(=O)/C=C/c1cccc(OC)c1OC. The van der Waals surface area contributed by atoms with Gasteiger partial charge in [-0.15, -0.1) is 0 Å². The second-order valence-electron chi connectivity index (χ2n) is 5.05. The Morgan fingerprint density at radius 2 is 1.81 bits per heavy atom. The van der Waals surface area contributed by atoms with E-state index in [1.807, 2.05) is 0 Å². The molecule has 0 radical (unpaired) electrons. The van der Waals surface area contributed by atoms with Crippen LogP contribution in [-0.4, -0.2) is 32.2 Å². The number of nitrogens with one attached hydrogen (secondary N) is 1. The fourth-order valence-electron chi connectivity index (χ4n) is 2.29. The summed E-state index contributed by atoms with van der Waals surface area (Å²) in [4.78, 5) is 22.5. The summed E-state index contributed by atoms with van der Waals surface area (Å²) in [6.07, 6.45) is 2.84. The number of nitro benzene ring substituents is 1. The Kier molecular flexibility index (Phi) is 6.15. The van der Waals surface area contributed by atoms with Crippen LogP contribution in [0.3, 0.4) is 0 Å². The van der Waals surface area contributed by atoms with Gasteiger partial charge in [0, 0.05) is 23.8 Å². The van der Waals surface area contributed by atoms with Gasteiger partial charge in [-0.2, -0.15) is 0 Å². The number of anilines is 1. The van der Waals surface area contributed by atoms with E-state index in [1.165, 1.54) is 45.6 Å². The van der Waals surface area contributed by atoms with Crippen molar-refractivity contribution in [3.63, 3.8) is 0 Å². The van der Waals surface area contributed by atoms with E-state index in [2.05, 4.69) is 5.32 Å². The zero-order valence-electron chi connectivity index (χ0n) is 14.5. The monoisotopic (exact) mass is 358 g/mol. The second-order valence-corrected chi connectivity index (χ2v) is 5.05. The number of ether oxygens (including phenoxy) is 3. The number of non-ortho nitro benzene ring substituents is 1. The van der Waals surface area contributed by atoms with Gasteiger partial charge in [-0.25, -0.2) is 0 Å². The van der Waals surface area contributed by atoms with Crippen molar-refractivity contribution in [3.8, 4) is 17.2 Å². The first-order valence-electron chi connectivity index (χ1n) is 7.52. The average molecular weight is 358 g/mol. The van der Waals surface area contributed by atoms with Gasteiger partial charge in [0.2, 0.25) is 5.91 Å². The number of para-hydroxylation sites is 1. The van der Waals surface area contributed by atoms with E-state index in [1.54, 1.807) is 24.3 Å². The van der Waals surface area contributed by atoms with Crippen LogP contribution in [-0.2, 0) is 4.79 Å². The van der Waals surface area contributed by atoms with Gasteiger partial charge in [-0.05, 0) is 18.2 Å². The number of nitrogens with zero attached hydrogens (tertiary/aromatic N) is 1. The number of hydrogen-bond donors (Lipinski definition) is 1. The summed E-state index contributed by atoms with van der Waals surface area (Å²) in [6, 6.07) is 9.22. The van der Waals surface area contributed by atoms with E-state index in [-0.39, 0.29) is 11.4 Å². The van der Waals surface area contributed by atoms with Gasteiger partial charge in [0.25, 0.3) is 5.69 Å². The molecular formula is C18H18N2O6. The van der Waals surface area contributed by atoms with E-state index in [9.17, 15) is 14.9 Å². The molecule has 8 nitrogen and oxygen atoms in total. The molecule has 0 saturated carbocycles. The number of methoxy groups -OCH3 is 3. The van der Waals surface area contributed by atoms with Crippen LogP contribution in [0.4, 0.5) is 11.4 Å². The van der Waals surface area contributed by atoms with Crippen LogP contribution in [0.5, 0.6) is 17.2 Å². The van der Waals surface area contributed by atoms with Gasteiger partial charge in [-0.3, -0.25) is 14.9 Å². The standard InChI is InChI=1S/C18H18N2O6/c1-24-15-9-8-13(20(22)23)11-14(15)19-17(21)10-7-12-5-4-6-16(25-2)18(12)26-3/h4-11H,1-3H3,(H,19,21)/b10-7+. The molecule has 26 heavy (non-hydrogen) atoms. The molecule has 0 heterocycles. The molecule has 2 aromatic rings. The van der Waals surface area contributed by atoms with Crippen molar-refractivity contribution in [2.24, 2.45) is 0 Å². The third-order valence-corrected chi connectivity index (χ3v) is 3.50. The molecule has 2 rings (SSSR count). The molecule has 0 aliphatic rings. The molecule has 1 amide bonds. The number of benzene rings is 2. The van der Waals surface area contributed by atoms with Crippen molar-refractivity contribution < 1.29 is 23.9 Å².